The van der Waals surface area contributed by atoms with E-state index in [2.05, 4.69) is 65.1 Å². The van der Waals surface area contributed by atoms with Gasteiger partial charge < -0.3 is 14.8 Å². The van der Waals surface area contributed by atoms with Gasteiger partial charge in [-0.3, -0.25) is 0 Å². The van der Waals surface area contributed by atoms with E-state index in [4.69, 9.17) is 4.99 Å². The first-order valence-electron chi connectivity index (χ1n) is 9.03. The molecule has 6 heteroatoms. The number of hydrogen-bond donors (Lipinski definition) is 1. The van der Waals surface area contributed by atoms with Crippen molar-refractivity contribution in [2.24, 2.45) is 4.99 Å². The number of guanidine groups is 1. The van der Waals surface area contributed by atoms with E-state index in [0.717, 1.165) is 31.3 Å². The third-order valence-corrected chi connectivity index (χ3v) is 5.77. The maximum Gasteiger partial charge on any atom is 0.194 e. The number of aromatic nitrogens is 2. The van der Waals surface area contributed by atoms with E-state index in [1.165, 1.54) is 17.7 Å². The average Bonchev–Trinajstić information content (AvgIpc) is 3.20. The van der Waals surface area contributed by atoms with Gasteiger partial charge in [0.15, 0.2) is 5.96 Å². The zero-order valence-corrected chi connectivity index (χ0v) is 15.9. The normalized spacial score (nSPS) is 18.4. The van der Waals surface area contributed by atoms with Gasteiger partial charge in [-0.2, -0.15) is 11.8 Å². The Balaban J connectivity index is 1.78. The minimum absolute atomic E-state index is 0.664. The number of nitrogens with one attached hydrogen (secondary N) is 1. The zero-order chi connectivity index (χ0) is 17.5. The SMILES string of the molecule is CCNC(=NCc1ccccc1-n1ccnc1)N1CCSC(CC)C1. The second-order valence-corrected chi connectivity index (χ2v) is 7.52. The lowest BCUT2D eigenvalue weighted by molar-refractivity contribution is 0.408. The minimum Gasteiger partial charge on any atom is -0.357 e. The Morgan fingerprint density at radius 2 is 2.24 bits per heavy atom. The van der Waals surface area contributed by atoms with Crippen LogP contribution < -0.4 is 5.32 Å². The molecule has 0 spiro atoms. The van der Waals surface area contributed by atoms with Crippen LogP contribution in [0.3, 0.4) is 0 Å². The molecule has 1 fully saturated rings. The van der Waals surface area contributed by atoms with Crippen molar-refractivity contribution in [3.8, 4) is 5.69 Å². The number of aliphatic imine (C=N–C) groups is 1. The number of rotatable bonds is 5. The molecule has 1 aromatic carbocycles. The fourth-order valence-electron chi connectivity index (χ4n) is 3.04. The van der Waals surface area contributed by atoms with Crippen molar-refractivity contribution in [2.75, 3.05) is 25.4 Å². The van der Waals surface area contributed by atoms with Crippen molar-refractivity contribution >= 4 is 17.7 Å². The molecular weight excluding hydrogens is 330 g/mol. The highest BCUT2D eigenvalue weighted by Gasteiger charge is 2.21. The molecule has 2 aromatic rings. The van der Waals surface area contributed by atoms with Crippen molar-refractivity contribution in [3.05, 3.63) is 48.5 Å². The number of hydrogen-bond acceptors (Lipinski definition) is 3. The molecule has 1 aliphatic rings. The van der Waals surface area contributed by atoms with Gasteiger partial charge in [-0.15, -0.1) is 0 Å². The quantitative estimate of drug-likeness (QED) is 0.659. The summed E-state index contributed by atoms with van der Waals surface area (Å²) in [7, 11) is 0. The second-order valence-electron chi connectivity index (χ2n) is 6.12. The third kappa shape index (κ3) is 4.57. The van der Waals surface area contributed by atoms with E-state index in [9.17, 15) is 0 Å². The van der Waals surface area contributed by atoms with E-state index in [0.29, 0.717) is 11.8 Å². The smallest absolute Gasteiger partial charge is 0.194 e. The van der Waals surface area contributed by atoms with E-state index in [1.807, 2.05) is 17.1 Å². The minimum atomic E-state index is 0.664. The summed E-state index contributed by atoms with van der Waals surface area (Å²) in [6.07, 6.45) is 6.83. The summed E-state index contributed by atoms with van der Waals surface area (Å²) in [6, 6.07) is 8.39. The highest BCUT2D eigenvalue weighted by atomic mass is 32.2. The summed E-state index contributed by atoms with van der Waals surface area (Å²) in [4.78, 5) is 11.5. The lowest BCUT2D eigenvalue weighted by Crippen LogP contribution is -2.48. The van der Waals surface area contributed by atoms with Crippen LogP contribution in [-0.4, -0.2) is 51.0 Å². The van der Waals surface area contributed by atoms with Gasteiger partial charge in [0, 0.05) is 43.0 Å². The topological polar surface area (TPSA) is 45.5 Å². The predicted octanol–water partition coefficient (Wildman–Crippen LogP) is 3.17. The van der Waals surface area contributed by atoms with Crippen molar-refractivity contribution < 1.29 is 0 Å². The Labute approximate surface area is 154 Å². The molecule has 0 saturated carbocycles. The average molecular weight is 358 g/mol. The van der Waals surface area contributed by atoms with Gasteiger partial charge in [-0.05, 0) is 25.0 Å². The van der Waals surface area contributed by atoms with Gasteiger partial charge >= 0.3 is 0 Å². The summed E-state index contributed by atoms with van der Waals surface area (Å²) in [5.41, 5.74) is 2.34. The first-order valence-corrected chi connectivity index (χ1v) is 10.1. The number of nitrogens with zero attached hydrogens (tertiary/aromatic N) is 4. The standard InChI is InChI=1S/C19H27N5S/c1-3-17-14-23(11-12-25-17)19(21-4-2)22-13-16-7-5-6-8-18(16)24-10-9-20-15-24/h5-10,15,17H,3-4,11-14H2,1-2H3,(H,21,22). The van der Waals surface area contributed by atoms with E-state index in [1.54, 1.807) is 6.20 Å². The Morgan fingerprint density at radius 1 is 1.36 bits per heavy atom. The highest BCUT2D eigenvalue weighted by molar-refractivity contribution is 8.00. The number of benzene rings is 1. The van der Waals surface area contributed by atoms with Gasteiger partial charge in [0.2, 0.25) is 0 Å². The molecule has 0 radical (unpaired) electrons. The summed E-state index contributed by atoms with van der Waals surface area (Å²) in [6.45, 7) is 8.10. The molecule has 0 aliphatic carbocycles. The van der Waals surface area contributed by atoms with Gasteiger partial charge in [0.05, 0.1) is 18.6 Å². The van der Waals surface area contributed by atoms with Crippen molar-refractivity contribution in [3.63, 3.8) is 0 Å². The third-order valence-electron chi connectivity index (χ3n) is 4.40. The van der Waals surface area contributed by atoms with Crippen LogP contribution in [-0.2, 0) is 6.54 Å². The van der Waals surface area contributed by atoms with Gasteiger partial charge in [0.25, 0.3) is 0 Å². The van der Waals surface area contributed by atoms with Crippen LogP contribution in [0.15, 0.2) is 48.0 Å². The molecule has 5 nitrogen and oxygen atoms in total. The number of imidazole rings is 1. The van der Waals surface area contributed by atoms with Crippen LogP contribution in [0.25, 0.3) is 5.69 Å². The molecular formula is C19H27N5S. The summed E-state index contributed by atoms with van der Waals surface area (Å²) < 4.78 is 2.04. The van der Waals surface area contributed by atoms with Crippen molar-refractivity contribution in [1.29, 1.82) is 0 Å². The molecule has 3 rings (SSSR count). The highest BCUT2D eigenvalue weighted by Crippen LogP contribution is 2.21. The Bertz CT molecular complexity index is 683. The van der Waals surface area contributed by atoms with E-state index < -0.39 is 0 Å². The van der Waals surface area contributed by atoms with E-state index >= 15 is 0 Å². The fourth-order valence-corrected chi connectivity index (χ4v) is 4.22. The molecule has 1 N–H and O–H groups in total. The van der Waals surface area contributed by atoms with Crippen molar-refractivity contribution in [2.45, 2.75) is 32.1 Å². The zero-order valence-electron chi connectivity index (χ0n) is 15.1. The molecule has 1 saturated heterocycles. The molecule has 134 valence electrons. The van der Waals surface area contributed by atoms with Crippen LogP contribution in [0.4, 0.5) is 0 Å². The molecule has 1 aliphatic heterocycles. The molecule has 2 heterocycles. The second kappa shape index (κ2) is 8.94. The first kappa shape index (κ1) is 17.9. The van der Waals surface area contributed by atoms with Gasteiger partial charge in [-0.1, -0.05) is 25.1 Å². The van der Waals surface area contributed by atoms with Gasteiger partial charge in [-0.25, -0.2) is 9.98 Å². The lowest BCUT2D eigenvalue weighted by Gasteiger charge is -2.34. The van der Waals surface area contributed by atoms with Crippen LogP contribution >= 0.6 is 11.8 Å². The van der Waals surface area contributed by atoms with Crippen LogP contribution in [0.5, 0.6) is 0 Å². The molecule has 1 aromatic heterocycles. The van der Waals surface area contributed by atoms with E-state index in [-0.39, 0.29) is 0 Å². The first-order chi connectivity index (χ1) is 12.3. The summed E-state index contributed by atoms with van der Waals surface area (Å²) in [5.74, 6) is 2.20. The Hall–Kier alpha value is -1.95. The Morgan fingerprint density at radius 3 is 3.00 bits per heavy atom. The summed E-state index contributed by atoms with van der Waals surface area (Å²) in [5, 5.41) is 4.17. The maximum absolute atomic E-state index is 4.94. The molecule has 0 bridgehead atoms. The van der Waals surface area contributed by atoms with Crippen LogP contribution in [0.1, 0.15) is 25.8 Å². The van der Waals surface area contributed by atoms with Crippen LogP contribution in [0, 0.1) is 0 Å². The van der Waals surface area contributed by atoms with Crippen LogP contribution in [0.2, 0.25) is 0 Å². The molecule has 25 heavy (non-hydrogen) atoms. The molecule has 1 atom stereocenters. The number of para-hydroxylation sites is 1. The molecule has 0 amide bonds. The van der Waals surface area contributed by atoms with Gasteiger partial charge in [0.1, 0.15) is 0 Å². The predicted molar refractivity (Wildman–Crippen MR) is 106 cm³/mol. The monoisotopic (exact) mass is 357 g/mol. The fraction of sp³-hybridized carbons (Fsp3) is 0.474. The largest absolute Gasteiger partial charge is 0.357 e. The lowest BCUT2D eigenvalue weighted by atomic mass is 10.2. The number of thioether (sulfide) groups is 1. The summed E-state index contributed by atoms with van der Waals surface area (Å²) >= 11 is 2.08. The Kier molecular flexibility index (Phi) is 6.39. The van der Waals surface area contributed by atoms with Crippen molar-refractivity contribution in [1.82, 2.24) is 19.8 Å². The maximum atomic E-state index is 4.94. The molecule has 1 unspecified atom stereocenters.